The number of carbonyl (C=O) groups excluding carboxylic acids is 1. The molecule has 3 rings (SSSR count). The van der Waals surface area contributed by atoms with Gasteiger partial charge >= 0.3 is 6.03 Å². The summed E-state index contributed by atoms with van der Waals surface area (Å²) in [7, 11) is 1.71. The lowest BCUT2D eigenvalue weighted by Crippen LogP contribution is -2.35. The molecular formula is C18H20FN9O. The minimum absolute atomic E-state index is 0.0913. The number of urea groups is 1. The summed E-state index contributed by atoms with van der Waals surface area (Å²) in [5.41, 5.74) is 7.46. The molecule has 150 valence electrons. The van der Waals surface area contributed by atoms with Gasteiger partial charge in [-0.05, 0) is 36.8 Å². The molecule has 5 N–H and O–H groups in total. The average molecular weight is 397 g/mol. The number of likely N-dealkylation sites (N-methyl/N-ethyl adjacent to an activating group) is 1. The van der Waals surface area contributed by atoms with Crippen LogP contribution in [0, 0.1) is 5.82 Å². The molecule has 0 saturated heterocycles. The Balaban J connectivity index is 2.03. The van der Waals surface area contributed by atoms with Crippen LogP contribution in [0.5, 0.6) is 0 Å². The van der Waals surface area contributed by atoms with Crippen LogP contribution in [0.4, 0.5) is 9.18 Å². The van der Waals surface area contributed by atoms with Gasteiger partial charge in [-0.1, -0.05) is 6.58 Å². The summed E-state index contributed by atoms with van der Waals surface area (Å²) in [4.78, 5) is 26.4. The minimum atomic E-state index is -0.436. The van der Waals surface area contributed by atoms with Crippen molar-refractivity contribution < 1.29 is 9.18 Å². The zero-order chi connectivity index (χ0) is 21.0. The number of halogens is 1. The fourth-order valence-electron chi connectivity index (χ4n) is 2.57. The van der Waals surface area contributed by atoms with E-state index in [1.54, 1.807) is 18.9 Å². The molecule has 2 amide bonds. The van der Waals surface area contributed by atoms with Gasteiger partial charge in [0.05, 0.1) is 5.70 Å². The van der Waals surface area contributed by atoms with Crippen molar-refractivity contribution in [3.63, 3.8) is 0 Å². The Hall–Kier alpha value is -4.02. The van der Waals surface area contributed by atoms with Crippen LogP contribution in [-0.2, 0) is 0 Å². The first-order valence-corrected chi connectivity index (χ1v) is 8.67. The summed E-state index contributed by atoms with van der Waals surface area (Å²) in [6.07, 6.45) is 1.42. The number of carbonyl (C=O) groups is 1. The molecule has 0 bridgehead atoms. The SMILES string of the molecule is C=C(/N=C1\C(=C(/N)c2ccc(F)cc2)N=C(c2nc[nH]n2)N1C)NC(=O)NCC. The van der Waals surface area contributed by atoms with Crippen molar-refractivity contribution in [3.8, 4) is 0 Å². The number of hydrogen-bond donors (Lipinski definition) is 4. The summed E-state index contributed by atoms with van der Waals surface area (Å²) < 4.78 is 13.3. The van der Waals surface area contributed by atoms with E-state index in [2.05, 4.69) is 42.4 Å². The zero-order valence-corrected chi connectivity index (χ0v) is 15.9. The van der Waals surface area contributed by atoms with Gasteiger partial charge in [0.25, 0.3) is 0 Å². The molecule has 2 heterocycles. The van der Waals surface area contributed by atoms with Crippen LogP contribution < -0.4 is 16.4 Å². The van der Waals surface area contributed by atoms with Crippen molar-refractivity contribution in [1.29, 1.82) is 0 Å². The number of hydrogen-bond acceptors (Lipinski definition) is 6. The predicted octanol–water partition coefficient (Wildman–Crippen LogP) is 1.15. The van der Waals surface area contributed by atoms with Crippen molar-refractivity contribution in [2.45, 2.75) is 6.92 Å². The fourth-order valence-corrected chi connectivity index (χ4v) is 2.57. The number of nitrogens with one attached hydrogen (secondary N) is 3. The lowest BCUT2D eigenvalue weighted by molar-refractivity contribution is 0.244. The van der Waals surface area contributed by atoms with Crippen LogP contribution in [0.2, 0.25) is 0 Å². The molecule has 0 radical (unpaired) electrons. The first-order valence-electron chi connectivity index (χ1n) is 8.67. The quantitative estimate of drug-likeness (QED) is 0.600. The molecule has 1 aliphatic heterocycles. The molecule has 0 spiro atoms. The summed E-state index contributed by atoms with van der Waals surface area (Å²) >= 11 is 0. The highest BCUT2D eigenvalue weighted by Crippen LogP contribution is 2.24. The maximum Gasteiger partial charge on any atom is 0.320 e. The molecule has 0 atom stereocenters. The van der Waals surface area contributed by atoms with E-state index in [0.717, 1.165) is 0 Å². The Kier molecular flexibility index (Phi) is 5.67. The Labute approximate surface area is 166 Å². The number of aromatic amines is 1. The van der Waals surface area contributed by atoms with Gasteiger partial charge in [0.1, 0.15) is 23.7 Å². The van der Waals surface area contributed by atoms with Crippen molar-refractivity contribution in [2.24, 2.45) is 15.7 Å². The van der Waals surface area contributed by atoms with Gasteiger partial charge in [-0.2, -0.15) is 5.10 Å². The Bertz CT molecular complexity index is 1010. The van der Waals surface area contributed by atoms with Gasteiger partial charge in [0, 0.05) is 13.6 Å². The monoisotopic (exact) mass is 397 g/mol. The number of rotatable bonds is 5. The molecule has 0 unspecified atom stereocenters. The molecule has 1 aromatic heterocycles. The topological polar surface area (TPSA) is 137 Å². The second-order valence-corrected chi connectivity index (χ2v) is 5.95. The Morgan fingerprint density at radius 1 is 1.38 bits per heavy atom. The Morgan fingerprint density at radius 3 is 2.72 bits per heavy atom. The lowest BCUT2D eigenvalue weighted by Gasteiger charge is -2.15. The van der Waals surface area contributed by atoms with Crippen molar-refractivity contribution in [2.75, 3.05) is 13.6 Å². The molecule has 29 heavy (non-hydrogen) atoms. The molecule has 0 aliphatic carbocycles. The van der Waals surface area contributed by atoms with Gasteiger partial charge in [-0.25, -0.2) is 24.2 Å². The van der Waals surface area contributed by atoms with E-state index in [1.165, 1.54) is 30.6 Å². The van der Waals surface area contributed by atoms with Crippen LogP contribution >= 0.6 is 0 Å². The van der Waals surface area contributed by atoms with E-state index >= 15 is 0 Å². The van der Waals surface area contributed by atoms with Gasteiger partial charge in [0.15, 0.2) is 11.7 Å². The zero-order valence-electron chi connectivity index (χ0n) is 15.9. The summed E-state index contributed by atoms with van der Waals surface area (Å²) in [5, 5.41) is 11.8. The third-order valence-electron chi connectivity index (χ3n) is 3.93. The second-order valence-electron chi connectivity index (χ2n) is 5.95. The van der Waals surface area contributed by atoms with Crippen molar-refractivity contribution >= 4 is 23.4 Å². The van der Waals surface area contributed by atoms with Crippen LogP contribution in [0.3, 0.4) is 0 Å². The van der Waals surface area contributed by atoms with E-state index < -0.39 is 6.03 Å². The number of amidine groups is 2. The average Bonchev–Trinajstić information content (AvgIpc) is 3.31. The molecule has 1 aliphatic rings. The first-order chi connectivity index (χ1) is 13.9. The molecule has 0 fully saturated rings. The molecule has 0 saturated carbocycles. The van der Waals surface area contributed by atoms with Crippen LogP contribution in [0.15, 0.2) is 58.7 Å². The minimum Gasteiger partial charge on any atom is -0.396 e. The van der Waals surface area contributed by atoms with Crippen LogP contribution in [-0.4, -0.2) is 51.4 Å². The third-order valence-corrected chi connectivity index (χ3v) is 3.93. The summed E-state index contributed by atoms with van der Waals surface area (Å²) in [5.74, 6) is 0.774. The summed E-state index contributed by atoms with van der Waals surface area (Å²) in [6.45, 7) is 6.00. The lowest BCUT2D eigenvalue weighted by atomic mass is 10.1. The smallest absolute Gasteiger partial charge is 0.320 e. The number of nitrogens with zero attached hydrogens (tertiary/aromatic N) is 5. The molecule has 1 aromatic carbocycles. The van der Waals surface area contributed by atoms with Gasteiger partial charge in [0.2, 0.25) is 5.82 Å². The molecular weight excluding hydrogens is 377 g/mol. The van der Waals surface area contributed by atoms with E-state index in [-0.39, 0.29) is 17.3 Å². The van der Waals surface area contributed by atoms with E-state index in [9.17, 15) is 9.18 Å². The standard InChI is InChI=1S/C18H20FN9O/c1-4-21-18(29)25-10(2)24-16-14(13(20)11-5-7-12(19)8-6-11)26-17(28(16)3)15-22-9-23-27-15/h5-9H,2,4,20H2,1,3H3,(H2,21,25,29)(H,22,23,27)/b14-13+,24-16+. The van der Waals surface area contributed by atoms with Crippen molar-refractivity contribution in [3.05, 3.63) is 65.9 Å². The van der Waals surface area contributed by atoms with Gasteiger partial charge in [-0.3, -0.25) is 10.4 Å². The summed E-state index contributed by atoms with van der Waals surface area (Å²) in [6, 6.07) is 5.24. The predicted molar refractivity (Wildman–Crippen MR) is 107 cm³/mol. The number of nitrogens with two attached hydrogens (primary N) is 1. The Morgan fingerprint density at radius 2 is 2.10 bits per heavy atom. The maximum absolute atomic E-state index is 13.3. The molecule has 2 aromatic rings. The highest BCUT2D eigenvalue weighted by molar-refractivity contribution is 6.21. The largest absolute Gasteiger partial charge is 0.396 e. The highest BCUT2D eigenvalue weighted by Gasteiger charge is 2.30. The van der Waals surface area contributed by atoms with Crippen LogP contribution in [0.25, 0.3) is 5.70 Å². The maximum atomic E-state index is 13.3. The number of benzene rings is 1. The molecule has 11 heteroatoms. The highest BCUT2D eigenvalue weighted by atomic mass is 19.1. The van der Waals surface area contributed by atoms with E-state index in [1.807, 2.05) is 0 Å². The fraction of sp³-hybridized carbons (Fsp3) is 0.167. The first kappa shape index (κ1) is 19.7. The van der Waals surface area contributed by atoms with E-state index in [0.29, 0.717) is 35.3 Å². The number of aliphatic imine (C=N–C) groups is 2. The number of amides is 2. The number of H-pyrrole nitrogens is 1. The number of aromatic nitrogens is 3. The second kappa shape index (κ2) is 8.33. The van der Waals surface area contributed by atoms with E-state index in [4.69, 9.17) is 5.73 Å². The third kappa shape index (κ3) is 4.29. The molecule has 10 nitrogen and oxygen atoms in total. The van der Waals surface area contributed by atoms with Crippen LogP contribution in [0.1, 0.15) is 18.3 Å². The van der Waals surface area contributed by atoms with Crippen molar-refractivity contribution in [1.82, 2.24) is 30.7 Å². The normalized spacial score (nSPS) is 16.6. The van der Waals surface area contributed by atoms with Gasteiger partial charge in [-0.15, -0.1) is 0 Å². The van der Waals surface area contributed by atoms with Gasteiger partial charge < -0.3 is 16.0 Å².